The minimum atomic E-state index is -4.91. The summed E-state index contributed by atoms with van der Waals surface area (Å²) >= 11 is 1.24. The third-order valence-corrected chi connectivity index (χ3v) is 3.61. The van der Waals surface area contributed by atoms with Crippen molar-refractivity contribution in [1.82, 2.24) is 0 Å². The van der Waals surface area contributed by atoms with Gasteiger partial charge < -0.3 is 5.32 Å². The Morgan fingerprint density at radius 3 is 2.67 bits per heavy atom. The van der Waals surface area contributed by atoms with E-state index in [0.717, 1.165) is 12.1 Å². The summed E-state index contributed by atoms with van der Waals surface area (Å²) in [7, 11) is 0. The Labute approximate surface area is 105 Å². The lowest BCUT2D eigenvalue weighted by atomic mass is 10.1. The largest absolute Gasteiger partial charge is 0.454 e. The van der Waals surface area contributed by atoms with Crippen LogP contribution in [0.5, 0.6) is 0 Å². The molecule has 96 valence electrons. The molecule has 0 fully saturated rings. The smallest absolute Gasteiger partial charge is 0.324 e. The van der Waals surface area contributed by atoms with Crippen LogP contribution in [0.4, 0.5) is 18.9 Å². The average Bonchev–Trinajstić information content (AvgIpc) is 2.28. The third kappa shape index (κ3) is 2.35. The highest BCUT2D eigenvalue weighted by atomic mass is 32.2. The number of halogens is 3. The molecule has 1 heterocycles. The Balaban J connectivity index is 2.37. The standard InChI is InChI=1S/C11H8F3NO2S/c1-5-10(17)15-7-4-6(2-3-8(7)18-5)9(16)11(12,13)14/h2-5H,1H3,(H,15,17). The van der Waals surface area contributed by atoms with E-state index in [1.54, 1.807) is 6.92 Å². The average molecular weight is 275 g/mol. The number of rotatable bonds is 1. The van der Waals surface area contributed by atoms with Crippen molar-refractivity contribution in [2.45, 2.75) is 23.2 Å². The number of hydrogen-bond donors (Lipinski definition) is 1. The minimum Gasteiger partial charge on any atom is -0.324 e. The maximum absolute atomic E-state index is 12.3. The van der Waals surface area contributed by atoms with Crippen LogP contribution < -0.4 is 5.32 Å². The lowest BCUT2D eigenvalue weighted by molar-refractivity contribution is -0.115. The van der Waals surface area contributed by atoms with Gasteiger partial charge in [0.1, 0.15) is 0 Å². The molecule has 1 atom stereocenters. The molecule has 0 spiro atoms. The summed E-state index contributed by atoms with van der Waals surface area (Å²) in [6.45, 7) is 1.69. The second kappa shape index (κ2) is 4.31. The molecule has 1 N–H and O–H groups in total. The Morgan fingerprint density at radius 1 is 1.39 bits per heavy atom. The van der Waals surface area contributed by atoms with Gasteiger partial charge in [0.15, 0.2) is 0 Å². The third-order valence-electron chi connectivity index (χ3n) is 2.43. The quantitative estimate of drug-likeness (QED) is 0.802. The van der Waals surface area contributed by atoms with Gasteiger partial charge in [-0.05, 0) is 25.1 Å². The van der Waals surface area contributed by atoms with Gasteiger partial charge in [0, 0.05) is 10.5 Å². The molecule has 1 aromatic rings. The first-order valence-electron chi connectivity index (χ1n) is 5.02. The molecule has 18 heavy (non-hydrogen) atoms. The molecular weight excluding hydrogens is 267 g/mol. The fourth-order valence-corrected chi connectivity index (χ4v) is 2.44. The molecule has 1 aliphatic heterocycles. The van der Waals surface area contributed by atoms with Crippen molar-refractivity contribution < 1.29 is 22.8 Å². The summed E-state index contributed by atoms with van der Waals surface area (Å²) in [4.78, 5) is 23.1. The molecule has 3 nitrogen and oxygen atoms in total. The summed E-state index contributed by atoms with van der Waals surface area (Å²) in [5.41, 5.74) is -0.227. The Hall–Kier alpha value is -1.50. The molecule has 1 aliphatic rings. The monoisotopic (exact) mass is 275 g/mol. The number of carbonyl (C=O) groups is 2. The van der Waals surface area contributed by atoms with Crippen molar-refractivity contribution in [2.75, 3.05) is 5.32 Å². The second-order valence-electron chi connectivity index (χ2n) is 3.79. The van der Waals surface area contributed by atoms with Crippen LogP contribution >= 0.6 is 11.8 Å². The van der Waals surface area contributed by atoms with Crippen LogP contribution in [-0.4, -0.2) is 23.1 Å². The summed E-state index contributed by atoms with van der Waals surface area (Å²) in [6, 6.07) is 3.59. The predicted molar refractivity (Wildman–Crippen MR) is 60.8 cm³/mol. The van der Waals surface area contributed by atoms with Crippen molar-refractivity contribution >= 4 is 29.1 Å². The van der Waals surface area contributed by atoms with Crippen molar-refractivity contribution in [3.63, 3.8) is 0 Å². The Kier molecular flexibility index (Phi) is 3.10. The van der Waals surface area contributed by atoms with Crippen LogP contribution in [0, 0.1) is 0 Å². The summed E-state index contributed by atoms with van der Waals surface area (Å²) < 4.78 is 36.8. The van der Waals surface area contributed by atoms with E-state index in [2.05, 4.69) is 5.32 Å². The van der Waals surface area contributed by atoms with Gasteiger partial charge in [-0.2, -0.15) is 13.2 Å². The number of nitrogens with one attached hydrogen (secondary N) is 1. The van der Waals surface area contributed by atoms with Gasteiger partial charge in [0.25, 0.3) is 5.78 Å². The van der Waals surface area contributed by atoms with E-state index >= 15 is 0 Å². The number of Topliss-reactive ketones (excluding diaryl/α,β-unsaturated/α-hetero) is 1. The molecule has 1 unspecified atom stereocenters. The van der Waals surface area contributed by atoms with Crippen LogP contribution in [-0.2, 0) is 4.79 Å². The van der Waals surface area contributed by atoms with E-state index in [1.165, 1.54) is 17.8 Å². The highest BCUT2D eigenvalue weighted by Crippen LogP contribution is 2.36. The van der Waals surface area contributed by atoms with E-state index < -0.39 is 17.5 Å². The zero-order valence-electron chi connectivity index (χ0n) is 9.17. The zero-order valence-corrected chi connectivity index (χ0v) is 9.98. The van der Waals surface area contributed by atoms with Crippen LogP contribution in [0.1, 0.15) is 17.3 Å². The number of ketones is 1. The summed E-state index contributed by atoms with van der Waals surface area (Å²) in [5, 5.41) is 2.17. The van der Waals surface area contributed by atoms with Gasteiger partial charge in [0.05, 0.1) is 10.9 Å². The molecule has 0 aliphatic carbocycles. The van der Waals surface area contributed by atoms with Crippen molar-refractivity contribution in [2.24, 2.45) is 0 Å². The maximum atomic E-state index is 12.3. The number of alkyl halides is 3. The van der Waals surface area contributed by atoms with Gasteiger partial charge in [0.2, 0.25) is 5.91 Å². The lowest BCUT2D eigenvalue weighted by Crippen LogP contribution is -2.27. The van der Waals surface area contributed by atoms with Gasteiger partial charge >= 0.3 is 6.18 Å². The van der Waals surface area contributed by atoms with Gasteiger partial charge in [-0.3, -0.25) is 9.59 Å². The van der Waals surface area contributed by atoms with E-state index in [0.29, 0.717) is 4.90 Å². The van der Waals surface area contributed by atoms with Gasteiger partial charge in [-0.15, -0.1) is 11.8 Å². The van der Waals surface area contributed by atoms with Gasteiger partial charge in [-0.25, -0.2) is 0 Å². The topological polar surface area (TPSA) is 46.2 Å². The molecular formula is C11H8F3NO2S. The number of carbonyl (C=O) groups excluding carboxylic acids is 2. The molecule has 0 saturated heterocycles. The second-order valence-corrected chi connectivity index (χ2v) is 5.17. The number of hydrogen-bond acceptors (Lipinski definition) is 3. The fourth-order valence-electron chi connectivity index (χ4n) is 1.51. The number of amides is 1. The zero-order chi connectivity index (χ0) is 13.5. The van der Waals surface area contributed by atoms with E-state index in [-0.39, 0.29) is 16.8 Å². The molecule has 0 bridgehead atoms. The normalized spacial score (nSPS) is 19.1. The van der Waals surface area contributed by atoms with Crippen molar-refractivity contribution in [3.05, 3.63) is 23.8 Å². The molecule has 2 rings (SSSR count). The molecule has 0 saturated carbocycles. The number of anilines is 1. The number of benzene rings is 1. The van der Waals surface area contributed by atoms with Crippen LogP contribution in [0.2, 0.25) is 0 Å². The first kappa shape index (κ1) is 12.9. The molecule has 0 radical (unpaired) electrons. The summed E-state index contributed by atoms with van der Waals surface area (Å²) in [6.07, 6.45) is -4.91. The first-order chi connectivity index (χ1) is 8.29. The highest BCUT2D eigenvalue weighted by molar-refractivity contribution is 8.00. The van der Waals surface area contributed by atoms with Gasteiger partial charge in [-0.1, -0.05) is 0 Å². The predicted octanol–water partition coefficient (Wildman–Crippen LogP) is 2.86. The van der Waals surface area contributed by atoms with Crippen molar-refractivity contribution in [3.8, 4) is 0 Å². The number of fused-ring (bicyclic) bond motifs is 1. The fraction of sp³-hybridized carbons (Fsp3) is 0.273. The van der Waals surface area contributed by atoms with Crippen LogP contribution in [0.3, 0.4) is 0 Å². The minimum absolute atomic E-state index is 0.248. The Morgan fingerprint density at radius 2 is 2.06 bits per heavy atom. The number of thioether (sulfide) groups is 1. The lowest BCUT2D eigenvalue weighted by Gasteiger charge is -2.21. The molecule has 7 heteroatoms. The first-order valence-corrected chi connectivity index (χ1v) is 5.90. The highest BCUT2D eigenvalue weighted by Gasteiger charge is 2.39. The Bertz CT molecular complexity index is 528. The SMILES string of the molecule is CC1Sc2ccc(C(=O)C(F)(F)F)cc2NC1=O. The summed E-state index contributed by atoms with van der Waals surface area (Å²) in [5.74, 6) is -2.20. The van der Waals surface area contributed by atoms with E-state index in [4.69, 9.17) is 0 Å². The van der Waals surface area contributed by atoms with Crippen LogP contribution in [0.15, 0.2) is 23.1 Å². The maximum Gasteiger partial charge on any atom is 0.454 e. The van der Waals surface area contributed by atoms with E-state index in [9.17, 15) is 22.8 Å². The van der Waals surface area contributed by atoms with Crippen molar-refractivity contribution in [1.29, 1.82) is 0 Å². The van der Waals surface area contributed by atoms with E-state index in [1.807, 2.05) is 0 Å². The molecule has 1 aromatic carbocycles. The molecule has 1 amide bonds. The molecule has 0 aromatic heterocycles. The van der Waals surface area contributed by atoms with Crippen LogP contribution in [0.25, 0.3) is 0 Å².